The zero-order chi connectivity index (χ0) is 14.6. The predicted molar refractivity (Wildman–Crippen MR) is 72.1 cm³/mol. The second kappa shape index (κ2) is 6.30. The number of hydrogen-bond acceptors (Lipinski definition) is 4. The van der Waals surface area contributed by atoms with Crippen LogP contribution in [0.5, 0.6) is 0 Å². The highest BCUT2D eigenvalue weighted by Gasteiger charge is 2.31. The maximum atomic E-state index is 12.8. The summed E-state index contributed by atoms with van der Waals surface area (Å²) in [7, 11) is 0. The summed E-state index contributed by atoms with van der Waals surface area (Å²) in [6.07, 6.45) is 1.47. The highest BCUT2D eigenvalue weighted by atomic mass is 19.4. The van der Waals surface area contributed by atoms with Gasteiger partial charge >= 0.3 is 6.18 Å². The van der Waals surface area contributed by atoms with Crippen molar-refractivity contribution >= 4 is 11.6 Å². The van der Waals surface area contributed by atoms with Crippen LogP contribution in [-0.2, 0) is 6.18 Å². The van der Waals surface area contributed by atoms with E-state index in [1.807, 2.05) is 0 Å². The molecule has 112 valence electrons. The standard InChI is InChI=1S/C13H19F3N4/c14-13(15,16)10-6-11(19-12(7-10)20-17)18-8-9-4-2-1-3-5-9/h6-7,9H,1-5,8,17H2,(H2,18,19,20). The first-order valence-electron chi connectivity index (χ1n) is 6.79. The number of nitrogens with zero attached hydrogens (tertiary/aromatic N) is 1. The summed E-state index contributed by atoms with van der Waals surface area (Å²) in [6, 6.07) is 1.91. The molecule has 1 aromatic heterocycles. The van der Waals surface area contributed by atoms with Gasteiger partial charge in [0.25, 0.3) is 0 Å². The van der Waals surface area contributed by atoms with Gasteiger partial charge < -0.3 is 10.7 Å². The number of aromatic nitrogens is 1. The van der Waals surface area contributed by atoms with E-state index in [-0.39, 0.29) is 11.6 Å². The second-order valence-electron chi connectivity index (χ2n) is 5.15. The van der Waals surface area contributed by atoms with Crippen molar-refractivity contribution in [2.75, 3.05) is 17.3 Å². The third-order valence-corrected chi connectivity index (χ3v) is 3.60. The SMILES string of the molecule is NNc1cc(C(F)(F)F)cc(NCC2CCCCC2)n1. The molecule has 0 amide bonds. The number of hydrogen-bond donors (Lipinski definition) is 3. The highest BCUT2D eigenvalue weighted by Crippen LogP contribution is 2.32. The summed E-state index contributed by atoms with van der Waals surface area (Å²) in [5, 5.41) is 2.99. The van der Waals surface area contributed by atoms with Crippen LogP contribution in [0.15, 0.2) is 12.1 Å². The first-order valence-corrected chi connectivity index (χ1v) is 6.79. The fourth-order valence-electron chi connectivity index (χ4n) is 2.50. The van der Waals surface area contributed by atoms with Crippen LogP contribution >= 0.6 is 0 Å². The number of anilines is 2. The van der Waals surface area contributed by atoms with E-state index in [1.165, 1.54) is 19.3 Å². The first-order chi connectivity index (χ1) is 9.49. The first kappa shape index (κ1) is 14.9. The van der Waals surface area contributed by atoms with Crippen molar-refractivity contribution in [3.05, 3.63) is 17.7 Å². The molecule has 7 heteroatoms. The van der Waals surface area contributed by atoms with E-state index in [0.717, 1.165) is 25.0 Å². The summed E-state index contributed by atoms with van der Waals surface area (Å²) in [4.78, 5) is 4.00. The topological polar surface area (TPSA) is 63.0 Å². The van der Waals surface area contributed by atoms with Gasteiger partial charge in [-0.05, 0) is 30.9 Å². The summed E-state index contributed by atoms with van der Waals surface area (Å²) in [6.45, 7) is 0.651. The van der Waals surface area contributed by atoms with Crippen molar-refractivity contribution in [1.29, 1.82) is 0 Å². The normalized spacial score (nSPS) is 17.0. The molecule has 0 radical (unpaired) electrons. The monoisotopic (exact) mass is 288 g/mol. The van der Waals surface area contributed by atoms with Crippen LogP contribution in [0.1, 0.15) is 37.7 Å². The van der Waals surface area contributed by atoms with Crippen LogP contribution in [0.2, 0.25) is 0 Å². The third kappa shape index (κ3) is 4.00. The lowest BCUT2D eigenvalue weighted by atomic mass is 9.89. The Morgan fingerprint density at radius 3 is 2.40 bits per heavy atom. The number of hydrazine groups is 1. The van der Waals surface area contributed by atoms with Crippen molar-refractivity contribution in [3.63, 3.8) is 0 Å². The maximum Gasteiger partial charge on any atom is 0.416 e. The minimum atomic E-state index is -4.41. The number of rotatable bonds is 4. The Morgan fingerprint density at radius 2 is 1.80 bits per heavy atom. The molecule has 0 unspecified atom stereocenters. The molecule has 0 bridgehead atoms. The average Bonchev–Trinajstić information content (AvgIpc) is 2.45. The number of alkyl halides is 3. The summed E-state index contributed by atoms with van der Waals surface area (Å²) < 4.78 is 38.3. The van der Waals surface area contributed by atoms with E-state index in [0.29, 0.717) is 12.5 Å². The van der Waals surface area contributed by atoms with Gasteiger partial charge in [0, 0.05) is 6.54 Å². The van der Waals surface area contributed by atoms with E-state index >= 15 is 0 Å². The number of halogens is 3. The molecule has 20 heavy (non-hydrogen) atoms. The van der Waals surface area contributed by atoms with E-state index in [9.17, 15) is 13.2 Å². The minimum Gasteiger partial charge on any atom is -0.370 e. The Morgan fingerprint density at radius 1 is 1.15 bits per heavy atom. The van der Waals surface area contributed by atoms with E-state index < -0.39 is 11.7 Å². The lowest BCUT2D eigenvalue weighted by Gasteiger charge is -2.22. The molecular formula is C13H19F3N4. The van der Waals surface area contributed by atoms with Gasteiger partial charge in [-0.15, -0.1) is 0 Å². The quantitative estimate of drug-likeness (QED) is 0.587. The highest BCUT2D eigenvalue weighted by molar-refractivity contribution is 5.49. The fourth-order valence-corrected chi connectivity index (χ4v) is 2.50. The smallest absolute Gasteiger partial charge is 0.370 e. The number of nitrogens with one attached hydrogen (secondary N) is 2. The Labute approximate surface area is 115 Å². The van der Waals surface area contributed by atoms with Crippen molar-refractivity contribution < 1.29 is 13.2 Å². The van der Waals surface area contributed by atoms with Crippen molar-refractivity contribution in [2.24, 2.45) is 11.8 Å². The molecule has 0 spiro atoms. The number of pyridine rings is 1. The molecule has 1 aromatic rings. The Kier molecular flexibility index (Phi) is 4.69. The molecule has 2 rings (SSSR count). The zero-order valence-electron chi connectivity index (χ0n) is 11.1. The molecule has 1 saturated carbocycles. The third-order valence-electron chi connectivity index (χ3n) is 3.60. The van der Waals surface area contributed by atoms with Crippen LogP contribution in [0, 0.1) is 5.92 Å². The number of nitrogens with two attached hydrogens (primary N) is 1. The van der Waals surface area contributed by atoms with Crippen LogP contribution < -0.4 is 16.6 Å². The van der Waals surface area contributed by atoms with Crippen molar-refractivity contribution in [2.45, 2.75) is 38.3 Å². The Hall–Kier alpha value is -1.50. The molecule has 0 aliphatic heterocycles. The minimum absolute atomic E-state index is 0.00553. The van der Waals surface area contributed by atoms with Gasteiger partial charge in [-0.2, -0.15) is 13.2 Å². The summed E-state index contributed by atoms with van der Waals surface area (Å²) in [5.74, 6) is 5.88. The lowest BCUT2D eigenvalue weighted by molar-refractivity contribution is -0.137. The molecule has 1 aliphatic carbocycles. The van der Waals surface area contributed by atoms with Crippen molar-refractivity contribution in [3.8, 4) is 0 Å². The molecule has 0 atom stereocenters. The van der Waals surface area contributed by atoms with Gasteiger partial charge in [0.1, 0.15) is 11.6 Å². The van der Waals surface area contributed by atoms with Crippen LogP contribution in [0.25, 0.3) is 0 Å². The van der Waals surface area contributed by atoms with Gasteiger partial charge in [-0.3, -0.25) is 0 Å². The lowest BCUT2D eigenvalue weighted by Crippen LogP contribution is -2.19. The van der Waals surface area contributed by atoms with Crippen LogP contribution in [0.3, 0.4) is 0 Å². The van der Waals surface area contributed by atoms with Gasteiger partial charge in [-0.1, -0.05) is 19.3 Å². The zero-order valence-corrected chi connectivity index (χ0v) is 11.1. The predicted octanol–water partition coefficient (Wildman–Crippen LogP) is 3.38. The van der Waals surface area contributed by atoms with Crippen molar-refractivity contribution in [1.82, 2.24) is 4.98 Å². The molecule has 1 aliphatic rings. The fraction of sp³-hybridized carbons (Fsp3) is 0.615. The average molecular weight is 288 g/mol. The summed E-state index contributed by atoms with van der Waals surface area (Å²) in [5.41, 5.74) is 1.41. The maximum absolute atomic E-state index is 12.8. The Balaban J connectivity index is 2.06. The van der Waals surface area contributed by atoms with Crippen LogP contribution in [-0.4, -0.2) is 11.5 Å². The van der Waals surface area contributed by atoms with E-state index in [1.54, 1.807) is 0 Å². The molecule has 4 nitrogen and oxygen atoms in total. The van der Waals surface area contributed by atoms with E-state index in [4.69, 9.17) is 5.84 Å². The van der Waals surface area contributed by atoms with Gasteiger partial charge in [0.15, 0.2) is 0 Å². The van der Waals surface area contributed by atoms with E-state index in [2.05, 4.69) is 15.7 Å². The molecule has 1 fully saturated rings. The summed E-state index contributed by atoms with van der Waals surface area (Å²) >= 11 is 0. The van der Waals surface area contributed by atoms with Gasteiger partial charge in [0.05, 0.1) is 5.56 Å². The number of nitrogen functional groups attached to an aromatic ring is 1. The molecule has 1 heterocycles. The largest absolute Gasteiger partial charge is 0.416 e. The molecule has 0 saturated heterocycles. The molecule has 4 N–H and O–H groups in total. The second-order valence-corrected chi connectivity index (χ2v) is 5.15. The van der Waals surface area contributed by atoms with Gasteiger partial charge in [0.2, 0.25) is 0 Å². The van der Waals surface area contributed by atoms with Crippen LogP contribution in [0.4, 0.5) is 24.8 Å². The molecular weight excluding hydrogens is 269 g/mol. The Bertz CT molecular complexity index is 442. The van der Waals surface area contributed by atoms with Gasteiger partial charge in [-0.25, -0.2) is 10.8 Å². The molecule has 0 aromatic carbocycles.